The summed E-state index contributed by atoms with van der Waals surface area (Å²) in [5.74, 6) is 0. The number of nitrogens with zero attached hydrogens (tertiary/aromatic N) is 1. The highest BCUT2D eigenvalue weighted by atomic mass is 35.5. The molecular formula is C13H21ClN2O. The molecule has 0 aliphatic rings. The number of anilines is 1. The molecule has 0 aliphatic heterocycles. The van der Waals surface area contributed by atoms with E-state index in [0.29, 0.717) is 6.54 Å². The molecule has 0 fully saturated rings. The van der Waals surface area contributed by atoms with Crippen LogP contribution in [-0.2, 0) is 6.54 Å². The van der Waals surface area contributed by atoms with Crippen molar-refractivity contribution >= 4 is 17.3 Å². The Morgan fingerprint density at radius 2 is 2.12 bits per heavy atom. The van der Waals surface area contributed by atoms with E-state index >= 15 is 0 Å². The smallest absolute Gasteiger partial charge is 0.0606 e. The monoisotopic (exact) mass is 256 g/mol. The molecule has 96 valence electrons. The maximum Gasteiger partial charge on any atom is 0.0606 e. The standard InChI is InChI=1S/C13H21ClN2O/c1-3-15-10-11-12(14)6-5-7-13(11)16(4-2)8-9-17/h5-7,15,17H,3-4,8-10H2,1-2H3. The maximum atomic E-state index is 9.08. The van der Waals surface area contributed by atoms with Gasteiger partial charge >= 0.3 is 0 Å². The predicted molar refractivity (Wildman–Crippen MR) is 73.8 cm³/mol. The van der Waals surface area contributed by atoms with Gasteiger partial charge < -0.3 is 15.3 Å². The van der Waals surface area contributed by atoms with Crippen LogP contribution in [0.5, 0.6) is 0 Å². The number of nitrogens with one attached hydrogen (secondary N) is 1. The highest BCUT2D eigenvalue weighted by molar-refractivity contribution is 6.31. The molecule has 1 aromatic rings. The van der Waals surface area contributed by atoms with Gasteiger partial charge in [-0.3, -0.25) is 0 Å². The lowest BCUT2D eigenvalue weighted by atomic mass is 10.1. The van der Waals surface area contributed by atoms with E-state index in [9.17, 15) is 0 Å². The van der Waals surface area contributed by atoms with Crippen molar-refractivity contribution in [1.82, 2.24) is 5.32 Å². The lowest BCUT2D eigenvalue weighted by Crippen LogP contribution is -2.28. The number of aliphatic hydroxyl groups excluding tert-OH is 1. The minimum Gasteiger partial charge on any atom is -0.395 e. The highest BCUT2D eigenvalue weighted by Gasteiger charge is 2.11. The molecule has 1 rings (SSSR count). The lowest BCUT2D eigenvalue weighted by molar-refractivity contribution is 0.302. The van der Waals surface area contributed by atoms with Gasteiger partial charge in [-0.05, 0) is 25.6 Å². The number of benzene rings is 1. The Morgan fingerprint density at radius 3 is 2.71 bits per heavy atom. The van der Waals surface area contributed by atoms with Crippen molar-refractivity contribution in [2.75, 3.05) is 31.1 Å². The third-order valence-electron chi connectivity index (χ3n) is 2.74. The Bertz CT molecular complexity index is 344. The first kappa shape index (κ1) is 14.3. The van der Waals surface area contributed by atoms with Gasteiger partial charge in [-0.15, -0.1) is 0 Å². The van der Waals surface area contributed by atoms with Crippen molar-refractivity contribution in [2.45, 2.75) is 20.4 Å². The van der Waals surface area contributed by atoms with Crippen molar-refractivity contribution in [1.29, 1.82) is 0 Å². The van der Waals surface area contributed by atoms with Gasteiger partial charge in [-0.25, -0.2) is 0 Å². The zero-order chi connectivity index (χ0) is 12.7. The number of likely N-dealkylation sites (N-methyl/N-ethyl adjacent to an activating group) is 1. The summed E-state index contributed by atoms with van der Waals surface area (Å²) in [6.07, 6.45) is 0. The fraction of sp³-hybridized carbons (Fsp3) is 0.538. The third kappa shape index (κ3) is 3.87. The molecule has 0 atom stereocenters. The molecular weight excluding hydrogens is 236 g/mol. The van der Waals surface area contributed by atoms with Crippen molar-refractivity contribution in [3.63, 3.8) is 0 Å². The van der Waals surface area contributed by atoms with Gasteiger partial charge in [0.1, 0.15) is 0 Å². The number of rotatable bonds is 7. The minimum atomic E-state index is 0.154. The molecule has 0 spiro atoms. The van der Waals surface area contributed by atoms with Crippen LogP contribution in [0.2, 0.25) is 5.02 Å². The zero-order valence-corrected chi connectivity index (χ0v) is 11.3. The van der Waals surface area contributed by atoms with E-state index < -0.39 is 0 Å². The molecule has 2 N–H and O–H groups in total. The summed E-state index contributed by atoms with van der Waals surface area (Å²) in [7, 11) is 0. The number of hydrogen-bond acceptors (Lipinski definition) is 3. The fourth-order valence-electron chi connectivity index (χ4n) is 1.84. The van der Waals surface area contributed by atoms with E-state index in [1.54, 1.807) is 0 Å². The second-order valence-corrected chi connectivity index (χ2v) is 4.23. The molecule has 4 heteroatoms. The van der Waals surface area contributed by atoms with E-state index in [1.807, 2.05) is 12.1 Å². The second kappa shape index (κ2) is 7.54. The predicted octanol–water partition coefficient (Wildman–Crippen LogP) is 2.27. The van der Waals surface area contributed by atoms with Gasteiger partial charge in [0.25, 0.3) is 0 Å². The molecule has 0 saturated heterocycles. The van der Waals surface area contributed by atoms with Crippen LogP contribution in [0, 0.1) is 0 Å². The Kier molecular flexibility index (Phi) is 6.34. The fourth-order valence-corrected chi connectivity index (χ4v) is 2.07. The van der Waals surface area contributed by atoms with Crippen LogP contribution in [0.4, 0.5) is 5.69 Å². The molecule has 0 unspecified atom stereocenters. The van der Waals surface area contributed by atoms with Gasteiger partial charge in [-0.1, -0.05) is 24.6 Å². The Balaban J connectivity index is 2.98. The van der Waals surface area contributed by atoms with Crippen LogP contribution in [0.25, 0.3) is 0 Å². The van der Waals surface area contributed by atoms with Crippen LogP contribution < -0.4 is 10.2 Å². The number of aliphatic hydroxyl groups is 1. The molecule has 0 aromatic heterocycles. The molecule has 0 radical (unpaired) electrons. The SMILES string of the molecule is CCNCc1c(Cl)cccc1N(CC)CCO. The number of halogens is 1. The first-order chi connectivity index (χ1) is 8.24. The van der Waals surface area contributed by atoms with E-state index in [0.717, 1.165) is 35.9 Å². The van der Waals surface area contributed by atoms with Crippen LogP contribution >= 0.6 is 11.6 Å². The summed E-state index contributed by atoms with van der Waals surface area (Å²) in [5, 5.41) is 13.1. The molecule has 0 amide bonds. The molecule has 3 nitrogen and oxygen atoms in total. The molecule has 0 aliphatic carbocycles. The van der Waals surface area contributed by atoms with E-state index in [1.165, 1.54) is 0 Å². The summed E-state index contributed by atoms with van der Waals surface area (Å²) in [5.41, 5.74) is 2.21. The summed E-state index contributed by atoms with van der Waals surface area (Å²) < 4.78 is 0. The summed E-state index contributed by atoms with van der Waals surface area (Å²) >= 11 is 6.24. The Morgan fingerprint density at radius 1 is 1.35 bits per heavy atom. The topological polar surface area (TPSA) is 35.5 Å². The van der Waals surface area contributed by atoms with E-state index in [2.05, 4.69) is 30.1 Å². The van der Waals surface area contributed by atoms with Gasteiger partial charge in [0.15, 0.2) is 0 Å². The Hall–Kier alpha value is -0.770. The van der Waals surface area contributed by atoms with Crippen LogP contribution in [0.15, 0.2) is 18.2 Å². The van der Waals surface area contributed by atoms with E-state index in [4.69, 9.17) is 16.7 Å². The average Bonchev–Trinajstić information content (AvgIpc) is 2.34. The normalized spacial score (nSPS) is 10.6. The number of hydrogen-bond donors (Lipinski definition) is 2. The van der Waals surface area contributed by atoms with Gasteiger partial charge in [-0.2, -0.15) is 0 Å². The molecule has 0 bridgehead atoms. The van der Waals surface area contributed by atoms with Crippen molar-refractivity contribution < 1.29 is 5.11 Å². The molecule has 1 aromatic carbocycles. The third-order valence-corrected chi connectivity index (χ3v) is 3.09. The van der Waals surface area contributed by atoms with Crippen LogP contribution in [0.3, 0.4) is 0 Å². The van der Waals surface area contributed by atoms with Crippen molar-refractivity contribution in [3.05, 3.63) is 28.8 Å². The molecule has 0 saturated carbocycles. The van der Waals surface area contributed by atoms with Crippen LogP contribution in [-0.4, -0.2) is 31.3 Å². The molecule has 0 heterocycles. The Labute approximate surface area is 108 Å². The highest BCUT2D eigenvalue weighted by Crippen LogP contribution is 2.27. The van der Waals surface area contributed by atoms with Crippen LogP contribution in [0.1, 0.15) is 19.4 Å². The summed E-state index contributed by atoms with van der Waals surface area (Å²) in [4.78, 5) is 2.14. The van der Waals surface area contributed by atoms with Crippen molar-refractivity contribution in [3.8, 4) is 0 Å². The van der Waals surface area contributed by atoms with Crippen molar-refractivity contribution in [2.24, 2.45) is 0 Å². The maximum absolute atomic E-state index is 9.08. The lowest BCUT2D eigenvalue weighted by Gasteiger charge is -2.25. The average molecular weight is 257 g/mol. The first-order valence-electron chi connectivity index (χ1n) is 6.08. The summed E-state index contributed by atoms with van der Waals surface area (Å²) in [6.45, 7) is 7.47. The van der Waals surface area contributed by atoms with Gasteiger partial charge in [0.2, 0.25) is 0 Å². The van der Waals surface area contributed by atoms with Gasteiger partial charge in [0, 0.05) is 35.9 Å². The minimum absolute atomic E-state index is 0.154. The zero-order valence-electron chi connectivity index (χ0n) is 10.5. The largest absolute Gasteiger partial charge is 0.395 e. The van der Waals surface area contributed by atoms with Gasteiger partial charge in [0.05, 0.1) is 6.61 Å². The summed E-state index contributed by atoms with van der Waals surface area (Å²) in [6, 6.07) is 5.91. The molecule has 17 heavy (non-hydrogen) atoms. The quantitative estimate of drug-likeness (QED) is 0.786. The van der Waals surface area contributed by atoms with E-state index in [-0.39, 0.29) is 6.61 Å². The first-order valence-corrected chi connectivity index (χ1v) is 6.46. The second-order valence-electron chi connectivity index (χ2n) is 3.82.